The summed E-state index contributed by atoms with van der Waals surface area (Å²) in [5, 5.41) is 0. The summed E-state index contributed by atoms with van der Waals surface area (Å²) >= 11 is 0. The second-order valence-electron chi connectivity index (χ2n) is 9.22. The fraction of sp³-hybridized carbons (Fsp3) is 0.577. The topological polar surface area (TPSA) is 28.6 Å². The van der Waals surface area contributed by atoms with Crippen molar-refractivity contribution in [1.82, 2.24) is 14.8 Å². The zero-order chi connectivity index (χ0) is 21.2. The first-order valence-electron chi connectivity index (χ1n) is 11.5. The Labute approximate surface area is 183 Å². The Morgan fingerprint density at radius 3 is 2.17 bits per heavy atom. The lowest BCUT2D eigenvalue weighted by molar-refractivity contribution is 0.104. The molecule has 0 amide bonds. The maximum absolute atomic E-state index is 5.24. The van der Waals surface area contributed by atoms with Crippen LogP contribution in [0.5, 0.6) is 0 Å². The van der Waals surface area contributed by atoms with Crippen LogP contribution in [0.2, 0.25) is 0 Å². The molecule has 164 valence electrons. The molecule has 1 aliphatic heterocycles. The minimum atomic E-state index is 0.703. The van der Waals surface area contributed by atoms with Crippen molar-refractivity contribution in [2.45, 2.75) is 46.2 Å². The highest BCUT2D eigenvalue weighted by Crippen LogP contribution is 2.21. The molecule has 2 aromatic rings. The number of hydrogen-bond donors (Lipinski definition) is 0. The molecule has 1 fully saturated rings. The molecule has 0 atom stereocenters. The Morgan fingerprint density at radius 2 is 1.57 bits per heavy atom. The number of benzene rings is 1. The van der Waals surface area contributed by atoms with Crippen LogP contribution in [0, 0.1) is 11.8 Å². The Morgan fingerprint density at radius 1 is 0.967 bits per heavy atom. The van der Waals surface area contributed by atoms with Crippen LogP contribution in [0.1, 0.15) is 43.4 Å². The van der Waals surface area contributed by atoms with Crippen molar-refractivity contribution in [2.24, 2.45) is 11.8 Å². The zero-order valence-corrected chi connectivity index (χ0v) is 19.1. The Balaban J connectivity index is 1.59. The maximum Gasteiger partial charge on any atom is 0.0589 e. The molecular weight excluding hydrogens is 370 g/mol. The smallest absolute Gasteiger partial charge is 0.0589 e. The third-order valence-electron chi connectivity index (χ3n) is 6.06. The van der Waals surface area contributed by atoms with E-state index in [4.69, 9.17) is 4.74 Å². The fourth-order valence-corrected chi connectivity index (χ4v) is 4.42. The third kappa shape index (κ3) is 7.82. The lowest BCUT2D eigenvalue weighted by Crippen LogP contribution is -2.39. The third-order valence-corrected chi connectivity index (χ3v) is 6.06. The van der Waals surface area contributed by atoms with Crippen molar-refractivity contribution in [3.63, 3.8) is 0 Å². The van der Waals surface area contributed by atoms with Crippen LogP contribution in [0.3, 0.4) is 0 Å². The molecule has 0 spiro atoms. The zero-order valence-electron chi connectivity index (χ0n) is 19.1. The van der Waals surface area contributed by atoms with E-state index < -0.39 is 0 Å². The second-order valence-corrected chi connectivity index (χ2v) is 9.22. The van der Waals surface area contributed by atoms with Gasteiger partial charge in [-0.15, -0.1) is 0 Å². The predicted octanol–water partition coefficient (Wildman–Crippen LogP) is 4.64. The molecule has 1 aromatic carbocycles. The average molecular weight is 410 g/mol. The summed E-state index contributed by atoms with van der Waals surface area (Å²) in [7, 11) is 1.79. The van der Waals surface area contributed by atoms with Crippen molar-refractivity contribution >= 4 is 0 Å². The number of likely N-dealkylation sites (tertiary alicyclic amines) is 1. The van der Waals surface area contributed by atoms with Crippen molar-refractivity contribution < 1.29 is 4.74 Å². The molecule has 4 nitrogen and oxygen atoms in total. The van der Waals surface area contributed by atoms with E-state index in [9.17, 15) is 0 Å². The van der Waals surface area contributed by atoms with Gasteiger partial charge in [-0.1, -0.05) is 38.1 Å². The molecule has 0 aliphatic carbocycles. The lowest BCUT2D eigenvalue weighted by Gasteiger charge is -2.35. The summed E-state index contributed by atoms with van der Waals surface area (Å²) in [4.78, 5) is 9.35. The van der Waals surface area contributed by atoms with Crippen LogP contribution in [-0.2, 0) is 24.2 Å². The molecule has 0 saturated carbocycles. The van der Waals surface area contributed by atoms with Gasteiger partial charge in [0, 0.05) is 45.7 Å². The molecule has 0 unspecified atom stereocenters. The number of methoxy groups -OCH3 is 1. The summed E-state index contributed by atoms with van der Waals surface area (Å²) in [6, 6.07) is 13.6. The van der Waals surface area contributed by atoms with E-state index in [1.54, 1.807) is 7.11 Å². The van der Waals surface area contributed by atoms with E-state index in [1.165, 1.54) is 42.6 Å². The minimum absolute atomic E-state index is 0.703. The Kier molecular flexibility index (Phi) is 9.31. The van der Waals surface area contributed by atoms with Gasteiger partial charge in [0.1, 0.15) is 0 Å². The number of rotatable bonds is 11. The van der Waals surface area contributed by atoms with Gasteiger partial charge >= 0.3 is 0 Å². The minimum Gasteiger partial charge on any atom is -0.383 e. The van der Waals surface area contributed by atoms with E-state index in [-0.39, 0.29) is 0 Å². The average Bonchev–Trinajstić information content (AvgIpc) is 2.75. The number of ether oxygens (including phenoxy) is 1. The van der Waals surface area contributed by atoms with Gasteiger partial charge in [-0.2, -0.15) is 0 Å². The van der Waals surface area contributed by atoms with Crippen molar-refractivity contribution in [1.29, 1.82) is 0 Å². The normalized spacial score (nSPS) is 15.9. The van der Waals surface area contributed by atoms with Crippen molar-refractivity contribution in [3.8, 4) is 0 Å². The molecule has 1 aromatic heterocycles. The standard InChI is InChI=1S/C26H39N3O/c1-22(2)18-23-4-6-24(7-5-23)19-29(20-25-8-12-27-13-9-25)21-26-10-14-28(15-11-26)16-17-30-3/h4-9,12-13,22,26H,10-11,14-21H2,1-3H3. The molecule has 4 heteroatoms. The van der Waals surface area contributed by atoms with Gasteiger partial charge in [-0.3, -0.25) is 9.88 Å². The second kappa shape index (κ2) is 12.2. The largest absolute Gasteiger partial charge is 0.383 e. The molecule has 0 N–H and O–H groups in total. The molecule has 3 rings (SSSR count). The van der Waals surface area contributed by atoms with Crippen LogP contribution in [-0.4, -0.2) is 54.7 Å². The van der Waals surface area contributed by atoms with Gasteiger partial charge in [0.05, 0.1) is 6.61 Å². The summed E-state index contributed by atoms with van der Waals surface area (Å²) in [5.41, 5.74) is 4.20. The molecule has 30 heavy (non-hydrogen) atoms. The van der Waals surface area contributed by atoms with Crippen molar-refractivity contribution in [2.75, 3.05) is 39.9 Å². The Hall–Kier alpha value is -1.75. The first kappa shape index (κ1) is 22.9. The van der Waals surface area contributed by atoms with Crippen LogP contribution in [0.4, 0.5) is 0 Å². The summed E-state index contributed by atoms with van der Waals surface area (Å²) in [5.74, 6) is 1.47. The highest BCUT2D eigenvalue weighted by molar-refractivity contribution is 5.23. The highest BCUT2D eigenvalue weighted by atomic mass is 16.5. The monoisotopic (exact) mass is 409 g/mol. The van der Waals surface area contributed by atoms with Gasteiger partial charge in [-0.25, -0.2) is 0 Å². The number of piperidine rings is 1. The fourth-order valence-electron chi connectivity index (χ4n) is 4.42. The quantitative estimate of drug-likeness (QED) is 0.540. The SMILES string of the molecule is COCCN1CCC(CN(Cc2ccncc2)Cc2ccc(CC(C)C)cc2)CC1. The van der Waals surface area contributed by atoms with Gasteiger partial charge in [0.2, 0.25) is 0 Å². The van der Waals surface area contributed by atoms with Crippen LogP contribution >= 0.6 is 0 Å². The Bertz CT molecular complexity index is 709. The number of hydrogen-bond acceptors (Lipinski definition) is 4. The van der Waals surface area contributed by atoms with E-state index in [1.807, 2.05) is 12.4 Å². The predicted molar refractivity (Wildman–Crippen MR) is 124 cm³/mol. The van der Waals surface area contributed by atoms with E-state index in [0.717, 1.165) is 45.1 Å². The molecular formula is C26H39N3O. The summed E-state index contributed by atoms with van der Waals surface area (Å²) in [6.45, 7) is 12.0. The van der Waals surface area contributed by atoms with Crippen LogP contribution in [0.25, 0.3) is 0 Å². The molecule has 0 radical (unpaired) electrons. The van der Waals surface area contributed by atoms with E-state index >= 15 is 0 Å². The molecule has 1 saturated heterocycles. The number of pyridine rings is 1. The van der Waals surface area contributed by atoms with Gasteiger partial charge in [0.25, 0.3) is 0 Å². The first-order chi connectivity index (χ1) is 14.6. The summed E-state index contributed by atoms with van der Waals surface area (Å²) in [6.07, 6.45) is 7.53. The first-order valence-corrected chi connectivity index (χ1v) is 11.5. The van der Waals surface area contributed by atoms with E-state index in [2.05, 4.69) is 65.0 Å². The molecule has 1 aliphatic rings. The maximum atomic E-state index is 5.24. The number of nitrogens with zero attached hydrogens (tertiary/aromatic N) is 3. The molecule has 0 bridgehead atoms. The summed E-state index contributed by atoms with van der Waals surface area (Å²) < 4.78 is 5.24. The van der Waals surface area contributed by atoms with Gasteiger partial charge < -0.3 is 9.64 Å². The number of aromatic nitrogens is 1. The van der Waals surface area contributed by atoms with Crippen molar-refractivity contribution in [3.05, 3.63) is 65.5 Å². The van der Waals surface area contributed by atoms with Crippen LogP contribution in [0.15, 0.2) is 48.8 Å². The van der Waals surface area contributed by atoms with E-state index in [0.29, 0.717) is 5.92 Å². The van der Waals surface area contributed by atoms with Crippen LogP contribution < -0.4 is 0 Å². The van der Waals surface area contributed by atoms with Gasteiger partial charge in [-0.05, 0) is 73.0 Å². The lowest BCUT2D eigenvalue weighted by atomic mass is 9.95. The molecule has 2 heterocycles. The highest BCUT2D eigenvalue weighted by Gasteiger charge is 2.21. The van der Waals surface area contributed by atoms with Gasteiger partial charge in [0.15, 0.2) is 0 Å².